The van der Waals surface area contributed by atoms with Gasteiger partial charge in [-0.05, 0) is 17.7 Å². The Bertz CT molecular complexity index is 991. The number of likely N-dealkylation sites (tertiary alicyclic amines) is 1. The number of hydrogen-bond donors (Lipinski definition) is 1. The second kappa shape index (κ2) is 6.96. The van der Waals surface area contributed by atoms with Gasteiger partial charge in [0.05, 0.1) is 24.4 Å². The summed E-state index contributed by atoms with van der Waals surface area (Å²) in [4.78, 5) is 27.0. The van der Waals surface area contributed by atoms with Crippen LogP contribution in [0.4, 0.5) is 0 Å². The van der Waals surface area contributed by atoms with E-state index in [-0.39, 0.29) is 17.9 Å². The van der Waals surface area contributed by atoms with Crippen LogP contribution in [-0.4, -0.2) is 21.7 Å². The number of rotatable bonds is 4. The minimum Gasteiger partial charge on any atom is -0.507 e. The van der Waals surface area contributed by atoms with Crippen LogP contribution >= 0.6 is 0 Å². The number of aliphatic hydroxyl groups excluding tert-OH is 1. The van der Waals surface area contributed by atoms with Gasteiger partial charge in [0.1, 0.15) is 11.5 Å². The average molecular weight is 359 g/mol. The van der Waals surface area contributed by atoms with Gasteiger partial charge >= 0.3 is 0 Å². The van der Waals surface area contributed by atoms with E-state index in [4.69, 9.17) is 4.42 Å². The molecule has 5 heteroatoms. The highest BCUT2D eigenvalue weighted by Gasteiger charge is 2.46. The molecule has 1 saturated heterocycles. The number of amides is 1. The summed E-state index contributed by atoms with van der Waals surface area (Å²) in [6, 6.07) is 20.8. The van der Waals surface area contributed by atoms with Crippen molar-refractivity contribution in [3.05, 3.63) is 102 Å². The van der Waals surface area contributed by atoms with Gasteiger partial charge in [0.2, 0.25) is 0 Å². The third kappa shape index (κ3) is 3.04. The molecular formula is C22H17NO4. The molecule has 1 aliphatic heterocycles. The van der Waals surface area contributed by atoms with Crippen molar-refractivity contribution in [3.8, 4) is 0 Å². The van der Waals surface area contributed by atoms with Gasteiger partial charge in [-0.1, -0.05) is 60.7 Å². The number of hydrogen-bond acceptors (Lipinski definition) is 4. The zero-order valence-electron chi connectivity index (χ0n) is 14.4. The van der Waals surface area contributed by atoms with Crippen LogP contribution in [0.25, 0.3) is 5.76 Å². The van der Waals surface area contributed by atoms with E-state index in [0.717, 1.165) is 5.56 Å². The zero-order valence-corrected chi connectivity index (χ0v) is 14.4. The summed E-state index contributed by atoms with van der Waals surface area (Å²) in [5.41, 5.74) is 1.33. The second-order valence-electron chi connectivity index (χ2n) is 6.28. The van der Waals surface area contributed by atoms with Crippen LogP contribution in [0.3, 0.4) is 0 Å². The molecule has 1 amide bonds. The van der Waals surface area contributed by atoms with Crippen LogP contribution < -0.4 is 0 Å². The third-order valence-corrected chi connectivity index (χ3v) is 4.61. The molecule has 134 valence electrons. The molecule has 1 atom stereocenters. The van der Waals surface area contributed by atoms with E-state index in [1.165, 1.54) is 11.2 Å². The van der Waals surface area contributed by atoms with E-state index in [2.05, 4.69) is 0 Å². The second-order valence-corrected chi connectivity index (χ2v) is 6.28. The van der Waals surface area contributed by atoms with E-state index in [9.17, 15) is 14.7 Å². The van der Waals surface area contributed by atoms with Crippen LogP contribution in [0, 0.1) is 0 Å². The molecule has 1 N–H and O–H groups in total. The Morgan fingerprint density at radius 2 is 1.59 bits per heavy atom. The molecule has 1 unspecified atom stereocenters. The summed E-state index contributed by atoms with van der Waals surface area (Å²) in [7, 11) is 0. The van der Waals surface area contributed by atoms with Gasteiger partial charge in [0, 0.05) is 5.56 Å². The summed E-state index contributed by atoms with van der Waals surface area (Å²) in [5.74, 6) is -0.961. The first kappa shape index (κ1) is 16.8. The third-order valence-electron chi connectivity index (χ3n) is 4.61. The topological polar surface area (TPSA) is 70.8 Å². The van der Waals surface area contributed by atoms with Gasteiger partial charge < -0.3 is 14.4 Å². The van der Waals surface area contributed by atoms with Crippen LogP contribution in [0.2, 0.25) is 0 Å². The van der Waals surface area contributed by atoms with Crippen LogP contribution in [0.5, 0.6) is 0 Å². The predicted octanol–water partition coefficient (Wildman–Crippen LogP) is 3.90. The van der Waals surface area contributed by atoms with Crippen LogP contribution in [0.1, 0.15) is 22.9 Å². The summed E-state index contributed by atoms with van der Waals surface area (Å²) in [6.45, 7) is 0.142. The number of ketones is 1. The molecule has 0 saturated carbocycles. The summed E-state index contributed by atoms with van der Waals surface area (Å²) >= 11 is 0. The highest BCUT2D eigenvalue weighted by Crippen LogP contribution is 2.40. The maximum absolute atomic E-state index is 12.8. The van der Waals surface area contributed by atoms with Crippen molar-refractivity contribution in [2.45, 2.75) is 12.6 Å². The quantitative estimate of drug-likeness (QED) is 0.436. The van der Waals surface area contributed by atoms with E-state index in [1.54, 1.807) is 36.4 Å². The Morgan fingerprint density at radius 1 is 0.926 bits per heavy atom. The van der Waals surface area contributed by atoms with Gasteiger partial charge in [0.15, 0.2) is 0 Å². The van der Waals surface area contributed by atoms with Crippen molar-refractivity contribution < 1.29 is 19.1 Å². The number of aliphatic hydroxyl groups is 1. The van der Waals surface area contributed by atoms with E-state index < -0.39 is 17.7 Å². The zero-order chi connectivity index (χ0) is 18.8. The Balaban J connectivity index is 1.86. The van der Waals surface area contributed by atoms with Gasteiger partial charge in [0.25, 0.3) is 11.7 Å². The number of Topliss-reactive ketones (excluding diaryl/α,β-unsaturated/α-hetero) is 1. The number of benzene rings is 2. The molecule has 0 aliphatic carbocycles. The van der Waals surface area contributed by atoms with Gasteiger partial charge in [-0.15, -0.1) is 0 Å². The molecule has 4 rings (SSSR count). The highest BCUT2D eigenvalue weighted by atomic mass is 16.3. The van der Waals surface area contributed by atoms with Gasteiger partial charge in [-0.25, -0.2) is 0 Å². The fourth-order valence-corrected chi connectivity index (χ4v) is 3.35. The minimum atomic E-state index is -0.697. The van der Waals surface area contributed by atoms with Crippen LogP contribution in [-0.2, 0) is 16.1 Å². The first-order valence-electron chi connectivity index (χ1n) is 8.58. The average Bonchev–Trinajstić information content (AvgIpc) is 3.31. The monoisotopic (exact) mass is 359 g/mol. The van der Waals surface area contributed by atoms with Crippen molar-refractivity contribution >= 4 is 17.4 Å². The molecule has 5 nitrogen and oxygen atoms in total. The first-order valence-corrected chi connectivity index (χ1v) is 8.58. The standard InChI is InChI=1S/C22H17NO4/c24-20(16-10-5-2-6-11-16)18-19(15-8-3-1-4-9-15)23(22(26)21(18)25)14-17-12-7-13-27-17/h1-13,19,24H,14H2. The summed E-state index contributed by atoms with van der Waals surface area (Å²) in [5, 5.41) is 10.8. The lowest BCUT2D eigenvalue weighted by Gasteiger charge is -2.24. The fourth-order valence-electron chi connectivity index (χ4n) is 3.35. The van der Waals surface area contributed by atoms with Crippen LogP contribution in [0.15, 0.2) is 89.0 Å². The molecular weight excluding hydrogens is 342 g/mol. The largest absolute Gasteiger partial charge is 0.507 e. The van der Waals surface area contributed by atoms with Crippen molar-refractivity contribution in [1.82, 2.24) is 4.90 Å². The predicted molar refractivity (Wildman–Crippen MR) is 99.4 cm³/mol. The molecule has 1 aliphatic rings. The lowest BCUT2D eigenvalue weighted by Crippen LogP contribution is -2.29. The normalized spacial score (nSPS) is 18.8. The molecule has 1 aromatic heterocycles. The van der Waals surface area contributed by atoms with Crippen molar-refractivity contribution in [3.63, 3.8) is 0 Å². The Morgan fingerprint density at radius 3 is 2.22 bits per heavy atom. The van der Waals surface area contributed by atoms with E-state index in [0.29, 0.717) is 11.3 Å². The fraction of sp³-hybridized carbons (Fsp3) is 0.0909. The minimum absolute atomic E-state index is 0.0870. The van der Waals surface area contributed by atoms with Gasteiger partial charge in [-0.3, -0.25) is 9.59 Å². The number of furan rings is 1. The summed E-state index contributed by atoms with van der Waals surface area (Å²) < 4.78 is 5.36. The van der Waals surface area contributed by atoms with Crippen molar-refractivity contribution in [2.75, 3.05) is 0 Å². The molecule has 1 fully saturated rings. The Labute approximate surface area is 156 Å². The molecule has 0 bridgehead atoms. The van der Waals surface area contributed by atoms with E-state index in [1.807, 2.05) is 36.4 Å². The highest BCUT2D eigenvalue weighted by molar-refractivity contribution is 6.46. The molecule has 0 spiro atoms. The lowest BCUT2D eigenvalue weighted by atomic mass is 9.95. The Hall–Kier alpha value is -3.60. The summed E-state index contributed by atoms with van der Waals surface area (Å²) in [6.07, 6.45) is 1.52. The van der Waals surface area contributed by atoms with Crippen molar-refractivity contribution in [1.29, 1.82) is 0 Å². The number of carbonyl (C=O) groups excluding carboxylic acids is 2. The smallest absolute Gasteiger partial charge is 0.296 e. The lowest BCUT2D eigenvalue weighted by molar-refractivity contribution is -0.140. The molecule has 2 aromatic carbocycles. The van der Waals surface area contributed by atoms with Gasteiger partial charge in [-0.2, -0.15) is 0 Å². The van der Waals surface area contributed by atoms with Crippen molar-refractivity contribution in [2.24, 2.45) is 0 Å². The first-order chi connectivity index (χ1) is 13.2. The molecule has 27 heavy (non-hydrogen) atoms. The number of carbonyl (C=O) groups is 2. The number of nitrogens with zero attached hydrogens (tertiary/aromatic N) is 1. The van der Waals surface area contributed by atoms with E-state index >= 15 is 0 Å². The SMILES string of the molecule is O=C1C(=O)N(Cc2ccco2)C(c2ccccc2)C1=C(O)c1ccccc1. The maximum atomic E-state index is 12.8. The Kier molecular flexibility index (Phi) is 4.34. The molecule has 2 heterocycles. The maximum Gasteiger partial charge on any atom is 0.296 e. The molecule has 0 radical (unpaired) electrons. The molecule has 3 aromatic rings.